The Morgan fingerprint density at radius 3 is 2.35 bits per heavy atom. The zero-order chi connectivity index (χ0) is 12.9. The van der Waals surface area contributed by atoms with Crippen molar-refractivity contribution in [3.05, 3.63) is 29.8 Å². The van der Waals surface area contributed by atoms with Crippen LogP contribution in [0.2, 0.25) is 0 Å². The molecule has 94 valence electrons. The molecule has 0 bridgehead atoms. The maximum atomic E-state index is 11.6. The second-order valence-electron chi connectivity index (χ2n) is 3.45. The quantitative estimate of drug-likeness (QED) is 0.676. The van der Waals surface area contributed by atoms with E-state index in [4.69, 9.17) is 5.14 Å². The topological polar surface area (TPSA) is 101 Å². The van der Waals surface area contributed by atoms with Gasteiger partial charge in [-0.2, -0.15) is 0 Å². The van der Waals surface area contributed by atoms with E-state index in [1.165, 1.54) is 0 Å². The lowest BCUT2D eigenvalue weighted by atomic mass is 10.2. The van der Waals surface area contributed by atoms with E-state index in [-0.39, 0.29) is 18.2 Å². The summed E-state index contributed by atoms with van der Waals surface area (Å²) in [6.45, 7) is 0.00540. The summed E-state index contributed by atoms with van der Waals surface area (Å²) in [4.78, 5) is 11.6. The summed E-state index contributed by atoms with van der Waals surface area (Å²) in [6.07, 6.45) is 0. The van der Waals surface area contributed by atoms with Crippen LogP contribution in [0, 0.1) is 0 Å². The lowest BCUT2D eigenvalue weighted by Gasteiger charge is -2.05. The molecule has 0 aromatic heterocycles. The van der Waals surface area contributed by atoms with Crippen molar-refractivity contribution >= 4 is 21.6 Å². The molecule has 0 radical (unpaired) electrons. The van der Waals surface area contributed by atoms with Crippen molar-refractivity contribution < 1.29 is 13.2 Å². The average molecular weight is 257 g/mol. The fraction of sp³-hybridized carbons (Fsp3) is 0.300. The van der Waals surface area contributed by atoms with Crippen molar-refractivity contribution in [2.75, 3.05) is 24.7 Å². The summed E-state index contributed by atoms with van der Waals surface area (Å²) in [5, 5.41) is 10.2. The van der Waals surface area contributed by atoms with Crippen LogP contribution >= 0.6 is 0 Å². The molecule has 1 amide bonds. The van der Waals surface area contributed by atoms with Crippen LogP contribution < -0.4 is 15.8 Å². The van der Waals surface area contributed by atoms with E-state index >= 15 is 0 Å². The number of nitrogens with two attached hydrogens (primary N) is 1. The molecule has 0 aliphatic heterocycles. The first-order chi connectivity index (χ1) is 7.92. The van der Waals surface area contributed by atoms with Gasteiger partial charge in [0.25, 0.3) is 5.91 Å². The van der Waals surface area contributed by atoms with E-state index < -0.39 is 10.0 Å². The molecule has 0 spiro atoms. The van der Waals surface area contributed by atoms with Gasteiger partial charge in [0.15, 0.2) is 0 Å². The van der Waals surface area contributed by atoms with E-state index in [0.717, 1.165) is 5.69 Å². The molecule has 0 saturated heterocycles. The molecule has 1 aromatic rings. The molecule has 7 heteroatoms. The van der Waals surface area contributed by atoms with Crippen LogP contribution in [0.5, 0.6) is 0 Å². The van der Waals surface area contributed by atoms with Gasteiger partial charge in [-0.1, -0.05) is 0 Å². The minimum Gasteiger partial charge on any atom is -0.388 e. The maximum Gasteiger partial charge on any atom is 0.251 e. The van der Waals surface area contributed by atoms with Crippen molar-refractivity contribution in [1.29, 1.82) is 0 Å². The number of rotatable bonds is 5. The number of benzene rings is 1. The molecule has 0 heterocycles. The van der Waals surface area contributed by atoms with Crippen molar-refractivity contribution in [2.45, 2.75) is 0 Å². The number of nitrogens with one attached hydrogen (secondary N) is 2. The predicted molar refractivity (Wildman–Crippen MR) is 66.3 cm³/mol. The molecule has 0 unspecified atom stereocenters. The van der Waals surface area contributed by atoms with Gasteiger partial charge < -0.3 is 10.6 Å². The third-order valence-electron chi connectivity index (χ3n) is 2.11. The largest absolute Gasteiger partial charge is 0.388 e. The van der Waals surface area contributed by atoms with Crippen molar-refractivity contribution in [1.82, 2.24) is 5.32 Å². The number of carbonyl (C=O) groups excluding carboxylic acids is 1. The van der Waals surface area contributed by atoms with Gasteiger partial charge in [0.1, 0.15) is 0 Å². The molecular formula is C10H15N3O3S. The molecule has 1 rings (SSSR count). The number of primary sulfonamides is 1. The molecule has 1 aromatic carbocycles. The maximum absolute atomic E-state index is 11.6. The van der Waals surface area contributed by atoms with E-state index in [0.29, 0.717) is 5.56 Å². The second kappa shape index (κ2) is 5.65. The van der Waals surface area contributed by atoms with E-state index in [9.17, 15) is 13.2 Å². The van der Waals surface area contributed by atoms with Crippen molar-refractivity contribution in [2.24, 2.45) is 5.14 Å². The average Bonchev–Trinajstić information content (AvgIpc) is 2.27. The van der Waals surface area contributed by atoms with Crippen LogP contribution in [-0.2, 0) is 10.0 Å². The minimum absolute atomic E-state index is 0.00540. The first kappa shape index (κ1) is 13.5. The highest BCUT2D eigenvalue weighted by molar-refractivity contribution is 7.89. The van der Waals surface area contributed by atoms with Crippen LogP contribution in [0.25, 0.3) is 0 Å². The van der Waals surface area contributed by atoms with Crippen molar-refractivity contribution in [3.63, 3.8) is 0 Å². The Morgan fingerprint density at radius 2 is 1.88 bits per heavy atom. The summed E-state index contributed by atoms with van der Waals surface area (Å²) in [6, 6.07) is 6.82. The Kier molecular flexibility index (Phi) is 4.47. The third kappa shape index (κ3) is 4.83. The molecule has 4 N–H and O–H groups in total. The Bertz CT molecular complexity index is 482. The lowest BCUT2D eigenvalue weighted by molar-refractivity contribution is 0.0956. The Hall–Kier alpha value is -1.60. The van der Waals surface area contributed by atoms with E-state index in [1.54, 1.807) is 31.3 Å². The van der Waals surface area contributed by atoms with Gasteiger partial charge in [-0.15, -0.1) is 0 Å². The number of anilines is 1. The summed E-state index contributed by atoms with van der Waals surface area (Å²) >= 11 is 0. The summed E-state index contributed by atoms with van der Waals surface area (Å²) < 4.78 is 21.3. The van der Waals surface area contributed by atoms with Gasteiger partial charge in [0.2, 0.25) is 10.0 Å². The predicted octanol–water partition coefficient (Wildman–Crippen LogP) is -0.253. The van der Waals surface area contributed by atoms with Crippen LogP contribution in [-0.4, -0.2) is 33.7 Å². The zero-order valence-corrected chi connectivity index (χ0v) is 10.3. The molecule has 6 nitrogen and oxygen atoms in total. The molecule has 0 fully saturated rings. The fourth-order valence-corrected chi connectivity index (χ4v) is 1.58. The van der Waals surface area contributed by atoms with Gasteiger partial charge in [0, 0.05) is 24.8 Å². The van der Waals surface area contributed by atoms with Gasteiger partial charge in [-0.25, -0.2) is 13.6 Å². The number of amides is 1. The minimum atomic E-state index is -3.54. The lowest BCUT2D eigenvalue weighted by Crippen LogP contribution is -2.31. The highest BCUT2D eigenvalue weighted by Crippen LogP contribution is 2.08. The monoisotopic (exact) mass is 257 g/mol. The highest BCUT2D eigenvalue weighted by Gasteiger charge is 2.07. The third-order valence-corrected chi connectivity index (χ3v) is 2.88. The Labute approximate surface area is 100 Å². The molecule has 0 aliphatic rings. The standard InChI is InChI=1S/C10H15N3O3S/c1-12-9-4-2-8(3-5-9)10(14)13-6-7-17(11,15)16/h2-5,12H,6-7H2,1H3,(H,13,14)(H2,11,15,16). The Balaban J connectivity index is 2.52. The van der Waals surface area contributed by atoms with Gasteiger partial charge in [-0.05, 0) is 24.3 Å². The summed E-state index contributed by atoms with van der Waals surface area (Å²) in [5.41, 5.74) is 1.37. The summed E-state index contributed by atoms with van der Waals surface area (Å²) in [7, 11) is -1.76. The smallest absolute Gasteiger partial charge is 0.251 e. The van der Waals surface area contributed by atoms with Crippen LogP contribution in [0.1, 0.15) is 10.4 Å². The van der Waals surface area contributed by atoms with E-state index in [2.05, 4.69) is 10.6 Å². The number of hydrogen-bond acceptors (Lipinski definition) is 4. The Morgan fingerprint density at radius 1 is 1.29 bits per heavy atom. The molecule has 0 atom stereocenters. The fourth-order valence-electron chi connectivity index (χ4n) is 1.20. The molecular weight excluding hydrogens is 242 g/mol. The molecule has 17 heavy (non-hydrogen) atoms. The number of hydrogen-bond donors (Lipinski definition) is 3. The zero-order valence-electron chi connectivity index (χ0n) is 9.43. The van der Waals surface area contributed by atoms with Crippen LogP contribution in [0.4, 0.5) is 5.69 Å². The SMILES string of the molecule is CNc1ccc(C(=O)NCCS(N)(=O)=O)cc1. The summed E-state index contributed by atoms with van der Waals surface area (Å²) in [5.74, 6) is -0.593. The van der Waals surface area contributed by atoms with Crippen molar-refractivity contribution in [3.8, 4) is 0 Å². The van der Waals surface area contributed by atoms with Gasteiger partial charge in [-0.3, -0.25) is 4.79 Å². The van der Waals surface area contributed by atoms with Crippen LogP contribution in [0.3, 0.4) is 0 Å². The molecule has 0 aliphatic carbocycles. The first-order valence-electron chi connectivity index (χ1n) is 4.99. The second-order valence-corrected chi connectivity index (χ2v) is 5.18. The normalized spacial score (nSPS) is 10.9. The van der Waals surface area contributed by atoms with Gasteiger partial charge in [0.05, 0.1) is 5.75 Å². The number of sulfonamides is 1. The van der Waals surface area contributed by atoms with Gasteiger partial charge >= 0.3 is 0 Å². The first-order valence-corrected chi connectivity index (χ1v) is 6.70. The molecule has 0 saturated carbocycles. The van der Waals surface area contributed by atoms with Crippen LogP contribution in [0.15, 0.2) is 24.3 Å². The number of carbonyl (C=O) groups is 1. The van der Waals surface area contributed by atoms with E-state index in [1.807, 2.05) is 0 Å². The highest BCUT2D eigenvalue weighted by atomic mass is 32.2.